The first-order valence-electron chi connectivity index (χ1n) is 7.08. The van der Waals surface area contributed by atoms with E-state index >= 15 is 0 Å². The average molecular weight is 298 g/mol. The van der Waals surface area contributed by atoms with E-state index in [-0.39, 0.29) is 17.7 Å². The summed E-state index contributed by atoms with van der Waals surface area (Å²) in [5.74, 6) is 0.194. The molecule has 4 nitrogen and oxygen atoms in total. The molecule has 1 heterocycles. The number of nitrogens with zero attached hydrogens (tertiary/aromatic N) is 1. The standard InChI is InChI=1S/C15H20F2N2O2/c1-19(14(20)13-4-2-3-9-18-13)10-11-5-7-12(8-6-11)21-15(16)17/h5-8,13,15,18H,2-4,9-10H2,1H3/t13-/m1/s1. The molecule has 0 aromatic heterocycles. The van der Waals surface area contributed by atoms with E-state index in [0.717, 1.165) is 31.4 Å². The lowest BCUT2D eigenvalue weighted by Gasteiger charge is -2.27. The molecule has 1 atom stereocenters. The SMILES string of the molecule is CN(Cc1ccc(OC(F)F)cc1)C(=O)[C@H]1CCCCN1. The van der Waals surface area contributed by atoms with Gasteiger partial charge >= 0.3 is 6.61 Å². The summed E-state index contributed by atoms with van der Waals surface area (Å²) in [6, 6.07) is 6.24. The van der Waals surface area contributed by atoms with Crippen LogP contribution in [0.15, 0.2) is 24.3 Å². The molecule has 6 heteroatoms. The molecular weight excluding hydrogens is 278 g/mol. The van der Waals surface area contributed by atoms with Gasteiger partial charge in [0, 0.05) is 13.6 Å². The summed E-state index contributed by atoms with van der Waals surface area (Å²) in [4.78, 5) is 13.9. The third-order valence-electron chi connectivity index (χ3n) is 3.55. The van der Waals surface area contributed by atoms with Crippen LogP contribution in [0.4, 0.5) is 8.78 Å². The van der Waals surface area contributed by atoms with E-state index in [9.17, 15) is 13.6 Å². The Morgan fingerprint density at radius 2 is 2.10 bits per heavy atom. The summed E-state index contributed by atoms with van der Waals surface area (Å²) in [6.07, 6.45) is 3.04. The van der Waals surface area contributed by atoms with Crippen molar-refractivity contribution in [3.8, 4) is 5.75 Å². The number of hydrogen-bond donors (Lipinski definition) is 1. The van der Waals surface area contributed by atoms with Gasteiger partial charge < -0.3 is 15.0 Å². The zero-order valence-electron chi connectivity index (χ0n) is 12.0. The van der Waals surface area contributed by atoms with Crippen molar-refractivity contribution in [2.24, 2.45) is 0 Å². The lowest BCUT2D eigenvalue weighted by atomic mass is 10.0. The first-order valence-corrected chi connectivity index (χ1v) is 7.08. The van der Waals surface area contributed by atoms with Crippen LogP contribution < -0.4 is 10.1 Å². The number of alkyl halides is 2. The number of nitrogens with one attached hydrogen (secondary N) is 1. The van der Waals surface area contributed by atoms with Crippen LogP contribution in [0.1, 0.15) is 24.8 Å². The molecule has 1 saturated heterocycles. The number of piperidine rings is 1. The van der Waals surface area contributed by atoms with Gasteiger partial charge in [-0.05, 0) is 37.1 Å². The second-order valence-corrected chi connectivity index (χ2v) is 5.22. The molecule has 1 aromatic rings. The van der Waals surface area contributed by atoms with Crippen LogP contribution in [0, 0.1) is 0 Å². The van der Waals surface area contributed by atoms with E-state index in [2.05, 4.69) is 10.1 Å². The Morgan fingerprint density at radius 3 is 2.67 bits per heavy atom. The quantitative estimate of drug-likeness (QED) is 0.907. The maximum Gasteiger partial charge on any atom is 0.387 e. The molecular formula is C15H20F2N2O2. The van der Waals surface area contributed by atoms with Crippen molar-refractivity contribution in [2.75, 3.05) is 13.6 Å². The molecule has 2 rings (SSSR count). The number of ether oxygens (including phenoxy) is 1. The number of likely N-dealkylation sites (N-methyl/N-ethyl adjacent to an activating group) is 1. The molecule has 1 aromatic carbocycles. The van der Waals surface area contributed by atoms with Crippen molar-refractivity contribution in [1.82, 2.24) is 10.2 Å². The van der Waals surface area contributed by atoms with Crippen molar-refractivity contribution in [1.29, 1.82) is 0 Å². The molecule has 116 valence electrons. The largest absolute Gasteiger partial charge is 0.435 e. The van der Waals surface area contributed by atoms with Crippen LogP contribution in [0.25, 0.3) is 0 Å². The number of benzene rings is 1. The zero-order chi connectivity index (χ0) is 15.2. The highest BCUT2D eigenvalue weighted by Crippen LogP contribution is 2.16. The maximum absolute atomic E-state index is 12.3. The highest BCUT2D eigenvalue weighted by Gasteiger charge is 2.23. The number of amides is 1. The van der Waals surface area contributed by atoms with Gasteiger partial charge in [-0.15, -0.1) is 0 Å². The summed E-state index contributed by atoms with van der Waals surface area (Å²) in [5, 5.41) is 3.22. The van der Waals surface area contributed by atoms with Gasteiger partial charge in [-0.3, -0.25) is 4.79 Å². The number of carbonyl (C=O) groups is 1. The minimum atomic E-state index is -2.82. The number of halogens is 2. The van der Waals surface area contributed by atoms with Gasteiger partial charge in [0.15, 0.2) is 0 Å². The normalized spacial score (nSPS) is 18.6. The fraction of sp³-hybridized carbons (Fsp3) is 0.533. The first kappa shape index (κ1) is 15.7. The van der Waals surface area contributed by atoms with E-state index in [1.807, 2.05) is 0 Å². The summed E-state index contributed by atoms with van der Waals surface area (Å²) < 4.78 is 28.4. The van der Waals surface area contributed by atoms with E-state index in [1.165, 1.54) is 12.1 Å². The van der Waals surface area contributed by atoms with E-state index in [4.69, 9.17) is 0 Å². The minimum Gasteiger partial charge on any atom is -0.435 e. The summed E-state index contributed by atoms with van der Waals surface area (Å²) in [5.41, 5.74) is 0.878. The van der Waals surface area contributed by atoms with Crippen LogP contribution in [-0.4, -0.2) is 37.1 Å². The van der Waals surface area contributed by atoms with Gasteiger partial charge in [0.05, 0.1) is 6.04 Å². The highest BCUT2D eigenvalue weighted by molar-refractivity contribution is 5.81. The molecule has 0 radical (unpaired) electrons. The molecule has 1 aliphatic rings. The van der Waals surface area contributed by atoms with Gasteiger partial charge in [-0.25, -0.2) is 0 Å². The maximum atomic E-state index is 12.3. The number of hydrogen-bond acceptors (Lipinski definition) is 3. The van der Waals surface area contributed by atoms with Gasteiger partial charge in [0.2, 0.25) is 5.91 Å². The molecule has 0 spiro atoms. The molecule has 1 fully saturated rings. The molecule has 1 aliphatic heterocycles. The molecule has 1 amide bonds. The summed E-state index contributed by atoms with van der Waals surface area (Å²) >= 11 is 0. The fourth-order valence-electron chi connectivity index (χ4n) is 2.46. The molecule has 1 N–H and O–H groups in total. The predicted molar refractivity (Wildman–Crippen MR) is 75.2 cm³/mol. The Bertz CT molecular complexity index is 459. The topological polar surface area (TPSA) is 41.6 Å². The fourth-order valence-corrected chi connectivity index (χ4v) is 2.46. The van der Waals surface area contributed by atoms with E-state index < -0.39 is 6.61 Å². The second-order valence-electron chi connectivity index (χ2n) is 5.22. The Balaban J connectivity index is 1.89. The Kier molecular flexibility index (Phi) is 5.50. The first-order chi connectivity index (χ1) is 10.1. The van der Waals surface area contributed by atoms with Crippen LogP contribution in [0.2, 0.25) is 0 Å². The Labute approximate surface area is 123 Å². The molecule has 0 bridgehead atoms. The molecule has 21 heavy (non-hydrogen) atoms. The smallest absolute Gasteiger partial charge is 0.387 e. The van der Waals surface area contributed by atoms with Crippen molar-refractivity contribution >= 4 is 5.91 Å². The lowest BCUT2D eigenvalue weighted by molar-refractivity contribution is -0.133. The number of rotatable bonds is 5. The van der Waals surface area contributed by atoms with Gasteiger partial charge in [0.1, 0.15) is 5.75 Å². The van der Waals surface area contributed by atoms with Crippen molar-refractivity contribution in [3.63, 3.8) is 0 Å². The van der Waals surface area contributed by atoms with Crippen LogP contribution in [0.3, 0.4) is 0 Å². The van der Waals surface area contributed by atoms with Crippen molar-refractivity contribution in [2.45, 2.75) is 38.5 Å². The third kappa shape index (κ3) is 4.67. The molecule has 0 aliphatic carbocycles. The molecule has 0 unspecified atom stereocenters. The predicted octanol–water partition coefficient (Wildman–Crippen LogP) is 2.39. The van der Waals surface area contributed by atoms with Crippen LogP contribution in [-0.2, 0) is 11.3 Å². The van der Waals surface area contributed by atoms with Crippen molar-refractivity contribution < 1.29 is 18.3 Å². The second kappa shape index (κ2) is 7.36. The van der Waals surface area contributed by atoms with Gasteiger partial charge in [0.25, 0.3) is 0 Å². The summed E-state index contributed by atoms with van der Waals surface area (Å²) in [6.45, 7) is -1.49. The summed E-state index contributed by atoms with van der Waals surface area (Å²) in [7, 11) is 1.75. The Hall–Kier alpha value is -1.69. The van der Waals surface area contributed by atoms with Gasteiger partial charge in [-0.1, -0.05) is 18.6 Å². The monoisotopic (exact) mass is 298 g/mol. The average Bonchev–Trinajstić information content (AvgIpc) is 2.49. The number of carbonyl (C=O) groups excluding carboxylic acids is 1. The molecule has 0 saturated carbocycles. The highest BCUT2D eigenvalue weighted by atomic mass is 19.3. The van der Waals surface area contributed by atoms with Crippen LogP contribution >= 0.6 is 0 Å². The van der Waals surface area contributed by atoms with Gasteiger partial charge in [-0.2, -0.15) is 8.78 Å². The van der Waals surface area contributed by atoms with Crippen LogP contribution in [0.5, 0.6) is 5.75 Å². The zero-order valence-corrected chi connectivity index (χ0v) is 12.0. The third-order valence-corrected chi connectivity index (χ3v) is 3.55. The van der Waals surface area contributed by atoms with Crippen molar-refractivity contribution in [3.05, 3.63) is 29.8 Å². The van der Waals surface area contributed by atoms with E-state index in [0.29, 0.717) is 6.54 Å². The minimum absolute atomic E-state index is 0.0719. The lowest BCUT2D eigenvalue weighted by Crippen LogP contribution is -2.46. The Morgan fingerprint density at radius 1 is 1.38 bits per heavy atom. The van der Waals surface area contributed by atoms with E-state index in [1.54, 1.807) is 24.1 Å².